The molecule has 2 amide bonds. The minimum atomic E-state index is -4.34. The van der Waals surface area contributed by atoms with Crippen LogP contribution in [-0.4, -0.2) is 38.9 Å². The molecule has 45 heavy (non-hydrogen) atoms. The van der Waals surface area contributed by atoms with Crippen LogP contribution in [-0.2, 0) is 19.7 Å². The third-order valence-corrected chi connectivity index (χ3v) is 7.23. The van der Waals surface area contributed by atoms with Gasteiger partial charge in [0, 0.05) is 50.7 Å². The summed E-state index contributed by atoms with van der Waals surface area (Å²) >= 11 is 0. The van der Waals surface area contributed by atoms with Crippen LogP contribution in [0.25, 0.3) is 12.2 Å². The van der Waals surface area contributed by atoms with Crippen molar-refractivity contribution in [1.82, 2.24) is 0 Å². The van der Waals surface area contributed by atoms with E-state index in [1.54, 1.807) is 37.4 Å². The van der Waals surface area contributed by atoms with Crippen molar-refractivity contribution in [2.24, 2.45) is 0 Å². The molecule has 0 spiro atoms. The highest BCUT2D eigenvalue weighted by molar-refractivity contribution is 7.86. The van der Waals surface area contributed by atoms with Crippen LogP contribution in [0.2, 0.25) is 0 Å². The first-order chi connectivity index (χ1) is 21.2. The standard InChI is InChI=1S/C18H20N2O4S.C9H11NO.C8H11N/c1-12-10-17(20-13(2)21)9-6-14(12)4-5-15-7-8-16(19-3)11-18(15)25(22,23)24;1-7-3-5-9(6-4-7)10-8(2)11;1-7-3-5-8(9-2)6-4-7/h4-11,19H,1-3H3,(H,20,21)(H,22,23,24);3-6H,1-2H3,(H,10,11);3-6,9H,1-2H3/b5-4+;;. The van der Waals surface area contributed by atoms with Gasteiger partial charge >= 0.3 is 0 Å². The molecule has 4 aromatic carbocycles. The summed E-state index contributed by atoms with van der Waals surface area (Å²) in [6.45, 7) is 8.92. The van der Waals surface area contributed by atoms with Gasteiger partial charge in [-0.3, -0.25) is 14.1 Å². The number of rotatable bonds is 7. The molecule has 0 heterocycles. The molecular formula is C35H42N4O5S. The Labute approximate surface area is 266 Å². The highest BCUT2D eigenvalue weighted by Gasteiger charge is 2.14. The molecule has 0 fully saturated rings. The number of carbonyl (C=O) groups is 2. The SMILES string of the molecule is CC(=O)Nc1ccc(C)cc1.CNc1ccc(/C=C/c2ccc(NC(C)=O)cc2C)c(S(=O)(=O)O)c1.CNc1ccc(C)cc1. The van der Waals surface area contributed by atoms with Crippen molar-refractivity contribution in [2.45, 2.75) is 39.5 Å². The van der Waals surface area contributed by atoms with Crippen LogP contribution in [0.3, 0.4) is 0 Å². The van der Waals surface area contributed by atoms with E-state index < -0.39 is 10.1 Å². The molecule has 0 atom stereocenters. The Balaban J connectivity index is 0.000000287. The Kier molecular flexibility index (Phi) is 14.0. The van der Waals surface area contributed by atoms with Crippen molar-refractivity contribution in [1.29, 1.82) is 0 Å². The molecule has 0 saturated heterocycles. The zero-order chi connectivity index (χ0) is 33.6. The predicted molar refractivity (Wildman–Crippen MR) is 186 cm³/mol. The molecule has 4 rings (SSSR count). The lowest BCUT2D eigenvalue weighted by atomic mass is 10.1. The van der Waals surface area contributed by atoms with Gasteiger partial charge in [-0.1, -0.05) is 59.7 Å². The fourth-order valence-electron chi connectivity index (χ4n) is 3.93. The average Bonchev–Trinajstić information content (AvgIpc) is 2.98. The molecule has 0 bridgehead atoms. The third-order valence-electron chi connectivity index (χ3n) is 6.32. The number of amides is 2. The normalized spacial score (nSPS) is 10.5. The van der Waals surface area contributed by atoms with Crippen LogP contribution in [0.1, 0.15) is 41.7 Å². The van der Waals surface area contributed by atoms with Gasteiger partial charge in [0.25, 0.3) is 10.1 Å². The summed E-state index contributed by atoms with van der Waals surface area (Å²) in [4.78, 5) is 21.5. The molecule has 0 unspecified atom stereocenters. The monoisotopic (exact) mass is 630 g/mol. The van der Waals surface area contributed by atoms with Gasteiger partial charge in [0.2, 0.25) is 11.8 Å². The quantitative estimate of drug-likeness (QED) is 0.106. The number of nitrogens with one attached hydrogen (secondary N) is 4. The maximum atomic E-state index is 11.6. The Bertz CT molecular complexity index is 1720. The van der Waals surface area contributed by atoms with Crippen LogP contribution >= 0.6 is 0 Å². The molecule has 0 radical (unpaired) electrons. The third kappa shape index (κ3) is 13.1. The van der Waals surface area contributed by atoms with E-state index in [1.165, 1.54) is 36.7 Å². The van der Waals surface area contributed by atoms with Gasteiger partial charge < -0.3 is 21.3 Å². The van der Waals surface area contributed by atoms with Crippen LogP contribution in [0, 0.1) is 20.8 Å². The smallest absolute Gasteiger partial charge is 0.295 e. The fraction of sp³-hybridized carbons (Fsp3) is 0.200. The molecule has 10 heteroatoms. The van der Waals surface area contributed by atoms with Crippen molar-refractivity contribution in [3.8, 4) is 0 Å². The van der Waals surface area contributed by atoms with Crippen molar-refractivity contribution >= 4 is 56.8 Å². The molecule has 9 nitrogen and oxygen atoms in total. The van der Waals surface area contributed by atoms with Crippen LogP contribution in [0.15, 0.2) is 89.8 Å². The molecule has 0 aliphatic carbocycles. The summed E-state index contributed by atoms with van der Waals surface area (Å²) in [6.07, 6.45) is 3.39. The summed E-state index contributed by atoms with van der Waals surface area (Å²) in [5.74, 6) is -0.182. The largest absolute Gasteiger partial charge is 0.388 e. The second kappa shape index (κ2) is 17.4. The number of benzene rings is 4. The predicted octanol–water partition coefficient (Wildman–Crippen LogP) is 7.40. The van der Waals surface area contributed by atoms with E-state index in [-0.39, 0.29) is 16.7 Å². The Morgan fingerprint density at radius 3 is 1.49 bits per heavy atom. The summed E-state index contributed by atoms with van der Waals surface area (Å²) < 4.78 is 32.6. The fourth-order valence-corrected chi connectivity index (χ4v) is 4.64. The highest BCUT2D eigenvalue weighted by Crippen LogP contribution is 2.24. The number of aryl methyl sites for hydroxylation is 3. The number of anilines is 4. The summed E-state index contributed by atoms with van der Waals surface area (Å²) in [7, 11) is -0.753. The zero-order valence-corrected chi connectivity index (χ0v) is 27.5. The first-order valence-corrected chi connectivity index (χ1v) is 15.6. The average molecular weight is 631 g/mol. The van der Waals surface area contributed by atoms with Gasteiger partial charge in [-0.25, -0.2) is 0 Å². The lowest BCUT2D eigenvalue weighted by Gasteiger charge is -2.08. The van der Waals surface area contributed by atoms with Gasteiger partial charge in [-0.2, -0.15) is 8.42 Å². The topological polar surface area (TPSA) is 137 Å². The lowest BCUT2D eigenvalue weighted by molar-refractivity contribution is -0.115. The summed E-state index contributed by atoms with van der Waals surface area (Å²) in [5.41, 5.74) is 7.96. The molecule has 5 N–H and O–H groups in total. The van der Waals surface area contributed by atoms with Crippen molar-refractivity contribution in [3.63, 3.8) is 0 Å². The van der Waals surface area contributed by atoms with E-state index in [9.17, 15) is 22.6 Å². The van der Waals surface area contributed by atoms with E-state index in [2.05, 4.69) is 52.5 Å². The minimum absolute atomic E-state index is 0.0335. The first kappa shape index (κ1) is 36.3. The Morgan fingerprint density at radius 2 is 1.02 bits per heavy atom. The van der Waals surface area contributed by atoms with Crippen molar-refractivity contribution in [3.05, 3.63) is 113 Å². The second-order valence-electron chi connectivity index (χ2n) is 10.2. The Hall–Kier alpha value is -4.93. The van der Waals surface area contributed by atoms with E-state index in [0.717, 1.165) is 16.8 Å². The first-order valence-electron chi connectivity index (χ1n) is 14.2. The molecule has 0 saturated carbocycles. The molecule has 0 aliphatic heterocycles. The molecule has 0 aliphatic rings. The summed E-state index contributed by atoms with van der Waals surface area (Å²) in [6, 6.07) is 26.1. The van der Waals surface area contributed by atoms with E-state index in [1.807, 2.05) is 57.3 Å². The van der Waals surface area contributed by atoms with Gasteiger partial charge in [0.15, 0.2) is 0 Å². The zero-order valence-electron chi connectivity index (χ0n) is 26.7. The van der Waals surface area contributed by atoms with E-state index >= 15 is 0 Å². The van der Waals surface area contributed by atoms with E-state index in [0.29, 0.717) is 16.9 Å². The number of hydrogen-bond donors (Lipinski definition) is 5. The summed E-state index contributed by atoms with van der Waals surface area (Å²) in [5, 5.41) is 11.3. The van der Waals surface area contributed by atoms with E-state index in [4.69, 9.17) is 0 Å². The van der Waals surface area contributed by atoms with Crippen molar-refractivity contribution in [2.75, 3.05) is 35.4 Å². The highest BCUT2D eigenvalue weighted by atomic mass is 32.2. The maximum absolute atomic E-state index is 11.6. The molecule has 0 aromatic heterocycles. The number of carbonyl (C=O) groups excluding carboxylic acids is 2. The molecule has 238 valence electrons. The van der Waals surface area contributed by atoms with Crippen molar-refractivity contribution < 1.29 is 22.6 Å². The van der Waals surface area contributed by atoms with Gasteiger partial charge in [-0.05, 0) is 86.0 Å². The molecule has 4 aromatic rings. The van der Waals surface area contributed by atoms with Crippen LogP contribution < -0.4 is 21.3 Å². The maximum Gasteiger partial charge on any atom is 0.295 e. The van der Waals surface area contributed by atoms with Gasteiger partial charge in [-0.15, -0.1) is 0 Å². The van der Waals surface area contributed by atoms with Gasteiger partial charge in [0.1, 0.15) is 4.90 Å². The lowest BCUT2D eigenvalue weighted by Crippen LogP contribution is -2.05. The number of hydrogen-bond acceptors (Lipinski definition) is 6. The van der Waals surface area contributed by atoms with Crippen LogP contribution in [0.4, 0.5) is 22.7 Å². The minimum Gasteiger partial charge on any atom is -0.388 e. The molecular weight excluding hydrogens is 588 g/mol. The van der Waals surface area contributed by atoms with Gasteiger partial charge in [0.05, 0.1) is 0 Å². The second-order valence-corrected chi connectivity index (χ2v) is 11.6. The Morgan fingerprint density at radius 1 is 0.600 bits per heavy atom. The van der Waals surface area contributed by atoms with Crippen LogP contribution in [0.5, 0.6) is 0 Å².